The molecule has 0 saturated carbocycles. The summed E-state index contributed by atoms with van der Waals surface area (Å²) in [4.78, 5) is 27.6. The lowest BCUT2D eigenvalue weighted by atomic mass is 10.1. The Kier molecular flexibility index (Phi) is 6.45. The van der Waals surface area contributed by atoms with E-state index in [1.54, 1.807) is 45.9 Å². The lowest BCUT2D eigenvalue weighted by Gasteiger charge is -2.23. The van der Waals surface area contributed by atoms with E-state index in [-0.39, 0.29) is 37.0 Å². The third-order valence-electron chi connectivity index (χ3n) is 5.64. The molecule has 0 spiro atoms. The van der Waals surface area contributed by atoms with Gasteiger partial charge in [-0.1, -0.05) is 30.7 Å². The van der Waals surface area contributed by atoms with Crippen LogP contribution in [0.15, 0.2) is 53.3 Å². The van der Waals surface area contributed by atoms with Gasteiger partial charge in [0.25, 0.3) is 0 Å². The van der Waals surface area contributed by atoms with Gasteiger partial charge in [-0.15, -0.1) is 0 Å². The third-order valence-corrected chi connectivity index (χ3v) is 5.64. The second-order valence-corrected chi connectivity index (χ2v) is 8.01. The van der Waals surface area contributed by atoms with Gasteiger partial charge in [-0.25, -0.2) is 13.9 Å². The average molecular weight is 433 g/mol. The van der Waals surface area contributed by atoms with E-state index in [0.29, 0.717) is 17.7 Å². The Morgan fingerprint density at radius 3 is 2.62 bits per heavy atom. The molecule has 3 aromatic rings. The zero-order chi connectivity index (χ0) is 22.5. The summed E-state index contributed by atoms with van der Waals surface area (Å²) in [5.41, 5.74) is 1.75. The van der Waals surface area contributed by atoms with Crippen molar-refractivity contribution >= 4 is 5.91 Å². The molecule has 0 saturated heterocycles. The van der Waals surface area contributed by atoms with Crippen LogP contribution in [0, 0.1) is 17.1 Å². The van der Waals surface area contributed by atoms with Crippen molar-refractivity contribution in [1.29, 1.82) is 5.26 Å². The van der Waals surface area contributed by atoms with Crippen LogP contribution in [-0.4, -0.2) is 25.2 Å². The predicted molar refractivity (Wildman–Crippen MR) is 116 cm³/mol. The van der Waals surface area contributed by atoms with Gasteiger partial charge in [0.15, 0.2) is 0 Å². The number of hydrogen-bond acceptors (Lipinski definition) is 4. The van der Waals surface area contributed by atoms with Gasteiger partial charge in [-0.3, -0.25) is 9.36 Å². The molecule has 0 radical (unpaired) electrons. The van der Waals surface area contributed by atoms with Crippen molar-refractivity contribution in [2.75, 3.05) is 0 Å². The molecule has 1 aliphatic rings. The highest BCUT2D eigenvalue weighted by Crippen LogP contribution is 2.14. The predicted octanol–water partition coefficient (Wildman–Crippen LogP) is 3.01. The summed E-state index contributed by atoms with van der Waals surface area (Å²) < 4.78 is 16.6. The van der Waals surface area contributed by atoms with Gasteiger partial charge in [0.1, 0.15) is 18.2 Å². The summed E-state index contributed by atoms with van der Waals surface area (Å²) in [5, 5.41) is 13.4. The summed E-state index contributed by atoms with van der Waals surface area (Å²) in [6.45, 7) is 0.910. The van der Waals surface area contributed by atoms with Crippen molar-refractivity contribution in [3.63, 3.8) is 0 Å². The van der Waals surface area contributed by atoms with Crippen LogP contribution in [0.3, 0.4) is 0 Å². The van der Waals surface area contributed by atoms with E-state index in [4.69, 9.17) is 5.26 Å². The van der Waals surface area contributed by atoms with Crippen LogP contribution in [0.2, 0.25) is 0 Å². The second-order valence-electron chi connectivity index (χ2n) is 8.01. The van der Waals surface area contributed by atoms with Gasteiger partial charge in [0.05, 0.1) is 11.6 Å². The Bertz CT molecular complexity index is 1210. The molecule has 0 unspecified atom stereocenters. The molecule has 8 heteroatoms. The van der Waals surface area contributed by atoms with Gasteiger partial charge < -0.3 is 4.90 Å². The van der Waals surface area contributed by atoms with Crippen LogP contribution in [0.4, 0.5) is 4.39 Å². The van der Waals surface area contributed by atoms with Crippen LogP contribution in [0.5, 0.6) is 0 Å². The Morgan fingerprint density at radius 2 is 1.88 bits per heavy atom. The molecule has 2 aromatic carbocycles. The first kappa shape index (κ1) is 21.5. The number of carbonyl (C=O) groups excluding carboxylic acids is 1. The number of hydrogen-bond donors (Lipinski definition) is 0. The van der Waals surface area contributed by atoms with Gasteiger partial charge in [-0.05, 0) is 48.2 Å². The van der Waals surface area contributed by atoms with E-state index in [1.165, 1.54) is 16.8 Å². The summed E-state index contributed by atoms with van der Waals surface area (Å²) in [5.74, 6) is 0.0698. The van der Waals surface area contributed by atoms with E-state index in [1.807, 2.05) is 0 Å². The van der Waals surface area contributed by atoms with E-state index in [2.05, 4.69) is 11.2 Å². The van der Waals surface area contributed by atoms with Gasteiger partial charge in [0, 0.05) is 26.1 Å². The maximum Gasteiger partial charge on any atom is 0.346 e. The first-order chi connectivity index (χ1) is 15.5. The average Bonchev–Trinajstić information content (AvgIpc) is 2.94. The van der Waals surface area contributed by atoms with Crippen molar-refractivity contribution in [2.45, 2.75) is 51.9 Å². The van der Waals surface area contributed by atoms with Crippen molar-refractivity contribution in [2.24, 2.45) is 0 Å². The van der Waals surface area contributed by atoms with Crippen LogP contribution in [0.25, 0.3) is 0 Å². The molecule has 32 heavy (non-hydrogen) atoms. The highest BCUT2D eigenvalue weighted by Gasteiger charge is 2.21. The first-order valence-corrected chi connectivity index (χ1v) is 10.7. The highest BCUT2D eigenvalue weighted by atomic mass is 19.1. The Balaban J connectivity index is 1.57. The smallest absolute Gasteiger partial charge is 0.332 e. The molecule has 4 rings (SSSR count). The van der Waals surface area contributed by atoms with Crippen molar-refractivity contribution < 1.29 is 9.18 Å². The minimum absolute atomic E-state index is 0.176. The first-order valence-electron chi connectivity index (χ1n) is 10.7. The van der Waals surface area contributed by atoms with E-state index < -0.39 is 0 Å². The molecule has 0 aliphatic carbocycles. The molecule has 164 valence electrons. The largest absolute Gasteiger partial charge is 0.346 e. The van der Waals surface area contributed by atoms with Gasteiger partial charge in [-0.2, -0.15) is 10.4 Å². The number of halogens is 1. The zero-order valence-electron chi connectivity index (χ0n) is 17.7. The number of fused-ring (bicyclic) bond motifs is 1. The molecule has 7 nitrogen and oxygen atoms in total. The standard InChI is InChI=1S/C24H24FN5O2/c25-21-6-4-5-20(13-21)16-28(15-19-10-8-18(14-26)9-11-19)23(31)17-30-24(32)29-12-3-1-2-7-22(29)27-30/h4-6,8-11,13H,1-3,7,12,15-17H2. The van der Waals surface area contributed by atoms with E-state index >= 15 is 0 Å². The molecule has 0 fully saturated rings. The number of amides is 1. The normalized spacial score (nSPS) is 13.1. The van der Waals surface area contributed by atoms with Crippen LogP contribution in [-0.2, 0) is 37.4 Å². The number of nitriles is 1. The highest BCUT2D eigenvalue weighted by molar-refractivity contribution is 5.76. The fourth-order valence-corrected chi connectivity index (χ4v) is 3.95. The zero-order valence-corrected chi connectivity index (χ0v) is 17.7. The molecule has 0 N–H and O–H groups in total. The summed E-state index contributed by atoms with van der Waals surface area (Å²) in [7, 11) is 0. The fraction of sp³-hybridized carbons (Fsp3) is 0.333. The van der Waals surface area contributed by atoms with E-state index in [9.17, 15) is 14.0 Å². The summed E-state index contributed by atoms with van der Waals surface area (Å²) in [6, 6.07) is 15.1. The number of aromatic nitrogens is 3. The number of nitrogens with zero attached hydrogens (tertiary/aromatic N) is 5. The molecule has 1 amide bonds. The molecular weight excluding hydrogens is 409 g/mol. The van der Waals surface area contributed by atoms with Gasteiger partial charge >= 0.3 is 5.69 Å². The Hall–Kier alpha value is -3.73. The SMILES string of the molecule is N#Cc1ccc(CN(Cc2cccc(F)c2)C(=O)Cn2nc3n(c2=O)CCCCC3)cc1. The molecule has 0 atom stereocenters. The molecule has 0 bridgehead atoms. The number of carbonyl (C=O) groups is 1. The van der Waals surface area contributed by atoms with Gasteiger partial charge in [0.2, 0.25) is 5.91 Å². The maximum atomic E-state index is 13.7. The second kappa shape index (κ2) is 9.60. The minimum Gasteiger partial charge on any atom is -0.332 e. The fourth-order valence-electron chi connectivity index (χ4n) is 3.95. The van der Waals surface area contributed by atoms with Crippen molar-refractivity contribution in [3.05, 3.63) is 87.3 Å². The number of aryl methyl sites for hydroxylation is 1. The summed E-state index contributed by atoms with van der Waals surface area (Å²) in [6.07, 6.45) is 3.70. The molecule has 1 aromatic heterocycles. The van der Waals surface area contributed by atoms with Crippen molar-refractivity contribution in [1.82, 2.24) is 19.2 Å². The quantitative estimate of drug-likeness (QED) is 0.598. The molecule has 2 heterocycles. The minimum atomic E-state index is -0.373. The monoisotopic (exact) mass is 433 g/mol. The van der Waals surface area contributed by atoms with Crippen LogP contribution >= 0.6 is 0 Å². The van der Waals surface area contributed by atoms with Crippen LogP contribution < -0.4 is 5.69 Å². The Labute approximate surface area is 185 Å². The summed E-state index contributed by atoms with van der Waals surface area (Å²) >= 11 is 0. The van der Waals surface area contributed by atoms with E-state index in [0.717, 1.165) is 37.1 Å². The number of rotatable bonds is 6. The lowest BCUT2D eigenvalue weighted by molar-refractivity contribution is -0.133. The lowest BCUT2D eigenvalue weighted by Crippen LogP contribution is -2.36. The van der Waals surface area contributed by atoms with Crippen LogP contribution in [0.1, 0.15) is 41.8 Å². The maximum absolute atomic E-state index is 13.7. The Morgan fingerprint density at radius 1 is 1.09 bits per heavy atom. The third kappa shape index (κ3) is 4.94. The van der Waals surface area contributed by atoms with Crippen molar-refractivity contribution in [3.8, 4) is 6.07 Å². The topological polar surface area (TPSA) is 83.9 Å². The molecular formula is C24H24FN5O2. The molecule has 1 aliphatic heterocycles. The number of benzene rings is 2.